The molecule has 0 unspecified atom stereocenters. The van der Waals surface area contributed by atoms with Crippen LogP contribution < -0.4 is 4.90 Å². The van der Waals surface area contributed by atoms with E-state index in [2.05, 4.69) is 30.8 Å². The van der Waals surface area contributed by atoms with Gasteiger partial charge in [-0.1, -0.05) is 54.6 Å². The van der Waals surface area contributed by atoms with Crippen molar-refractivity contribution in [2.24, 2.45) is 0 Å². The molecule has 7 rings (SSSR count). The van der Waals surface area contributed by atoms with Crippen molar-refractivity contribution >= 4 is 28.1 Å². The number of hydrogen-bond acceptors (Lipinski definition) is 5. The molecule has 3 aromatic heterocycles. The molecule has 0 radical (unpaired) electrons. The molecule has 1 amide bonds. The number of carbonyl (C=O) groups excluding carboxylic acids is 1. The first-order chi connectivity index (χ1) is 19.3. The third kappa shape index (κ3) is 4.34. The predicted molar refractivity (Wildman–Crippen MR) is 152 cm³/mol. The van der Waals surface area contributed by atoms with Gasteiger partial charge in [0.2, 0.25) is 0 Å². The smallest absolute Gasteiger partial charge is 0.281 e. The number of para-hydroxylation sites is 1. The van der Waals surface area contributed by atoms with Crippen molar-refractivity contribution in [3.63, 3.8) is 0 Å². The number of nitrogens with zero attached hydrogens (tertiary/aromatic N) is 6. The fraction of sp³-hybridized carbons (Fsp3) is 0.0938. The van der Waals surface area contributed by atoms with Crippen molar-refractivity contribution in [1.82, 2.24) is 24.7 Å². The number of fused-ring (bicyclic) bond motifs is 1. The summed E-state index contributed by atoms with van der Waals surface area (Å²) in [6, 6.07) is 29.8. The normalized spacial score (nSPS) is 12.9. The summed E-state index contributed by atoms with van der Waals surface area (Å²) in [7, 11) is 0. The molecule has 3 aromatic carbocycles. The minimum Gasteiger partial charge on any atom is -0.310 e. The van der Waals surface area contributed by atoms with E-state index >= 15 is 0 Å². The summed E-state index contributed by atoms with van der Waals surface area (Å²) >= 11 is 0. The number of pyridine rings is 2. The summed E-state index contributed by atoms with van der Waals surface area (Å²) < 4.78 is 2.12. The molecule has 1 aliphatic carbocycles. The Morgan fingerprint density at radius 2 is 1.64 bits per heavy atom. The highest BCUT2D eigenvalue weighted by atomic mass is 16.2. The van der Waals surface area contributed by atoms with Crippen LogP contribution in [0.2, 0.25) is 0 Å². The Balaban J connectivity index is 1.31. The Morgan fingerprint density at radius 1 is 0.821 bits per heavy atom. The van der Waals surface area contributed by atoms with Crippen LogP contribution in [0.25, 0.3) is 33.3 Å². The lowest BCUT2D eigenvalue weighted by Gasteiger charge is -2.23. The van der Waals surface area contributed by atoms with Crippen LogP contribution in [-0.4, -0.2) is 30.6 Å². The Kier molecular flexibility index (Phi) is 5.66. The predicted octanol–water partition coefficient (Wildman–Crippen LogP) is 6.87. The van der Waals surface area contributed by atoms with Crippen LogP contribution in [-0.2, 0) is 0 Å². The summed E-state index contributed by atoms with van der Waals surface area (Å²) in [5.41, 5.74) is 4.58. The molecular formula is C32H24N6O. The Morgan fingerprint density at radius 3 is 2.51 bits per heavy atom. The van der Waals surface area contributed by atoms with E-state index in [1.165, 1.54) is 0 Å². The van der Waals surface area contributed by atoms with Gasteiger partial charge in [-0.3, -0.25) is 19.7 Å². The second-order valence-electron chi connectivity index (χ2n) is 9.66. The van der Waals surface area contributed by atoms with Crippen molar-refractivity contribution in [3.05, 3.63) is 122 Å². The number of amides is 1. The Hall–Kier alpha value is -5.17. The van der Waals surface area contributed by atoms with Gasteiger partial charge >= 0.3 is 0 Å². The summed E-state index contributed by atoms with van der Waals surface area (Å²) in [6.07, 6.45) is 9.42. The van der Waals surface area contributed by atoms with Gasteiger partial charge in [0.15, 0.2) is 5.82 Å². The summed E-state index contributed by atoms with van der Waals surface area (Å²) in [5, 5.41) is 10.7. The van der Waals surface area contributed by atoms with E-state index in [4.69, 9.17) is 0 Å². The lowest BCUT2D eigenvalue weighted by molar-refractivity contribution is 0.0994. The zero-order valence-electron chi connectivity index (χ0n) is 21.1. The van der Waals surface area contributed by atoms with E-state index in [0.29, 0.717) is 11.7 Å². The van der Waals surface area contributed by atoms with Gasteiger partial charge in [-0.25, -0.2) is 0 Å². The van der Waals surface area contributed by atoms with Gasteiger partial charge in [-0.15, -0.1) is 10.2 Å². The van der Waals surface area contributed by atoms with E-state index in [0.717, 1.165) is 57.5 Å². The number of hydrogen-bond donors (Lipinski definition) is 0. The van der Waals surface area contributed by atoms with E-state index in [1.54, 1.807) is 17.4 Å². The lowest BCUT2D eigenvalue weighted by Crippen LogP contribution is -2.26. The third-order valence-corrected chi connectivity index (χ3v) is 7.05. The van der Waals surface area contributed by atoms with Crippen LogP contribution in [0, 0.1) is 0 Å². The third-order valence-electron chi connectivity index (χ3n) is 7.05. The molecule has 3 heterocycles. The van der Waals surface area contributed by atoms with E-state index in [9.17, 15) is 4.79 Å². The first kappa shape index (κ1) is 23.0. The second kappa shape index (κ2) is 9.61. The average molecular weight is 509 g/mol. The molecule has 1 aliphatic rings. The van der Waals surface area contributed by atoms with E-state index < -0.39 is 0 Å². The molecule has 0 saturated heterocycles. The SMILES string of the molecule is O=C(c1cc(-c2cncc3ccccc23)ccn1)N(c1ccccc1)c1cccc(-c2nncn2C2CC2)c1. The lowest BCUT2D eigenvalue weighted by atomic mass is 10.0. The van der Waals surface area contributed by atoms with Gasteiger partial charge in [-0.05, 0) is 60.2 Å². The highest BCUT2D eigenvalue weighted by Crippen LogP contribution is 2.38. The molecule has 6 aromatic rings. The molecule has 0 bridgehead atoms. The van der Waals surface area contributed by atoms with Crippen molar-refractivity contribution in [2.45, 2.75) is 18.9 Å². The second-order valence-corrected chi connectivity index (χ2v) is 9.66. The molecule has 1 saturated carbocycles. The number of benzene rings is 3. The van der Waals surface area contributed by atoms with Crippen LogP contribution in [0.15, 0.2) is 116 Å². The molecule has 1 fully saturated rings. The molecule has 0 N–H and O–H groups in total. The zero-order chi connectivity index (χ0) is 26.2. The van der Waals surface area contributed by atoms with Crippen LogP contribution >= 0.6 is 0 Å². The summed E-state index contributed by atoms with van der Waals surface area (Å²) in [6.45, 7) is 0. The number of anilines is 2. The quantitative estimate of drug-likeness (QED) is 0.245. The van der Waals surface area contributed by atoms with Crippen LogP contribution in [0.4, 0.5) is 11.4 Å². The molecule has 188 valence electrons. The van der Waals surface area contributed by atoms with Gasteiger partial charge in [0.1, 0.15) is 12.0 Å². The maximum Gasteiger partial charge on any atom is 0.281 e. The fourth-order valence-corrected chi connectivity index (χ4v) is 4.99. The van der Waals surface area contributed by atoms with Gasteiger partial charge in [-0.2, -0.15) is 0 Å². The standard InChI is InChI=1S/C32H24N6O/c39-32(30-18-22(15-16-34-30)29-20-33-19-24-7-4-5-12-28(24)29)38(26-9-2-1-3-10-26)27-11-6-8-23(17-27)31-36-35-21-37(31)25-13-14-25/h1-12,15-21,25H,13-14H2. The molecule has 0 aliphatic heterocycles. The maximum absolute atomic E-state index is 14.2. The summed E-state index contributed by atoms with van der Waals surface area (Å²) in [5.74, 6) is 0.584. The van der Waals surface area contributed by atoms with Gasteiger partial charge in [0.05, 0.1) is 5.69 Å². The monoisotopic (exact) mass is 508 g/mol. The van der Waals surface area contributed by atoms with Crippen LogP contribution in [0.3, 0.4) is 0 Å². The number of carbonyl (C=O) groups is 1. The first-order valence-corrected chi connectivity index (χ1v) is 12.9. The van der Waals surface area contributed by atoms with Gasteiger partial charge in [0.25, 0.3) is 5.91 Å². The van der Waals surface area contributed by atoms with Crippen molar-refractivity contribution in [3.8, 4) is 22.5 Å². The average Bonchev–Trinajstić information content (AvgIpc) is 3.73. The maximum atomic E-state index is 14.2. The largest absolute Gasteiger partial charge is 0.310 e. The first-order valence-electron chi connectivity index (χ1n) is 12.9. The highest BCUT2D eigenvalue weighted by Gasteiger charge is 2.27. The number of rotatable bonds is 6. The molecular weight excluding hydrogens is 484 g/mol. The van der Waals surface area contributed by atoms with E-state index in [1.807, 2.05) is 97.3 Å². The highest BCUT2D eigenvalue weighted by molar-refractivity contribution is 6.10. The topological polar surface area (TPSA) is 76.8 Å². The Bertz CT molecular complexity index is 1800. The van der Waals surface area contributed by atoms with Crippen molar-refractivity contribution in [1.29, 1.82) is 0 Å². The Labute approximate surface area is 225 Å². The minimum absolute atomic E-state index is 0.225. The van der Waals surface area contributed by atoms with Crippen molar-refractivity contribution in [2.75, 3.05) is 4.90 Å². The summed E-state index contributed by atoms with van der Waals surface area (Å²) in [4.78, 5) is 24.8. The molecule has 0 atom stereocenters. The van der Waals surface area contributed by atoms with Gasteiger partial charge in [0, 0.05) is 46.8 Å². The molecule has 7 nitrogen and oxygen atoms in total. The molecule has 0 spiro atoms. The van der Waals surface area contributed by atoms with Crippen LogP contribution in [0.5, 0.6) is 0 Å². The zero-order valence-corrected chi connectivity index (χ0v) is 21.1. The molecule has 7 heteroatoms. The van der Waals surface area contributed by atoms with Crippen LogP contribution in [0.1, 0.15) is 29.4 Å². The minimum atomic E-state index is -0.225. The van der Waals surface area contributed by atoms with Gasteiger partial charge < -0.3 is 4.57 Å². The fourth-order valence-electron chi connectivity index (χ4n) is 4.99. The number of aromatic nitrogens is 5. The van der Waals surface area contributed by atoms with Crippen molar-refractivity contribution < 1.29 is 4.79 Å². The molecule has 39 heavy (non-hydrogen) atoms. The van der Waals surface area contributed by atoms with E-state index in [-0.39, 0.29) is 5.91 Å².